The molecule has 214 valence electrons. The average molecular weight is 548 g/mol. The summed E-state index contributed by atoms with van der Waals surface area (Å²) in [6, 6.07) is 18.0. The number of anilines is 1. The van der Waals surface area contributed by atoms with Gasteiger partial charge in [0, 0.05) is 19.9 Å². The Morgan fingerprint density at radius 1 is 0.900 bits per heavy atom. The largest absolute Gasteiger partial charge is 0.491 e. The molecule has 3 rings (SSSR count). The van der Waals surface area contributed by atoms with E-state index >= 15 is 0 Å². The van der Waals surface area contributed by atoms with E-state index in [9.17, 15) is 14.4 Å². The SMILES string of the molecule is CCCCOc1cc(C(=O)OCCN(CC)CC)ccc1NC(=O)C(Cc1ccc2ccccc2c1)NC(C)=O. The molecule has 0 aromatic heterocycles. The minimum absolute atomic E-state index is 0.290. The maximum atomic E-state index is 13.4. The van der Waals surface area contributed by atoms with E-state index in [1.807, 2.05) is 42.5 Å². The summed E-state index contributed by atoms with van der Waals surface area (Å²) in [4.78, 5) is 40.3. The second-order valence-electron chi connectivity index (χ2n) is 9.70. The van der Waals surface area contributed by atoms with Crippen LogP contribution < -0.4 is 15.4 Å². The molecule has 1 unspecified atom stereocenters. The van der Waals surface area contributed by atoms with Gasteiger partial charge in [-0.05, 0) is 54.0 Å². The Balaban J connectivity index is 1.77. The fraction of sp³-hybridized carbons (Fsp3) is 0.406. The highest BCUT2D eigenvalue weighted by Gasteiger charge is 2.22. The van der Waals surface area contributed by atoms with Crippen molar-refractivity contribution in [3.8, 4) is 5.75 Å². The van der Waals surface area contributed by atoms with Crippen LogP contribution in [0, 0.1) is 0 Å². The fourth-order valence-electron chi connectivity index (χ4n) is 4.37. The van der Waals surface area contributed by atoms with Crippen LogP contribution in [0.5, 0.6) is 5.75 Å². The molecule has 8 heteroatoms. The molecule has 40 heavy (non-hydrogen) atoms. The molecular weight excluding hydrogens is 506 g/mol. The number of esters is 1. The maximum Gasteiger partial charge on any atom is 0.338 e. The van der Waals surface area contributed by atoms with Gasteiger partial charge in [-0.3, -0.25) is 9.59 Å². The number of amides is 2. The first-order valence-corrected chi connectivity index (χ1v) is 14.1. The van der Waals surface area contributed by atoms with E-state index in [0.29, 0.717) is 36.6 Å². The van der Waals surface area contributed by atoms with Crippen molar-refractivity contribution in [2.24, 2.45) is 0 Å². The molecule has 0 fully saturated rings. The van der Waals surface area contributed by atoms with Gasteiger partial charge in [0.05, 0.1) is 17.9 Å². The van der Waals surface area contributed by atoms with Crippen molar-refractivity contribution in [1.82, 2.24) is 10.2 Å². The van der Waals surface area contributed by atoms with Crippen molar-refractivity contribution < 1.29 is 23.9 Å². The highest BCUT2D eigenvalue weighted by molar-refractivity contribution is 5.99. The third-order valence-corrected chi connectivity index (χ3v) is 6.71. The number of rotatable bonds is 15. The Hall–Kier alpha value is -3.91. The Labute approximate surface area is 237 Å². The lowest BCUT2D eigenvalue weighted by Gasteiger charge is -2.20. The zero-order valence-corrected chi connectivity index (χ0v) is 24.0. The molecule has 2 amide bonds. The van der Waals surface area contributed by atoms with Crippen LogP contribution in [0.1, 0.15) is 56.5 Å². The predicted octanol–water partition coefficient (Wildman–Crippen LogP) is 5.20. The number of unbranched alkanes of at least 4 members (excludes halogenated alkanes) is 1. The summed E-state index contributed by atoms with van der Waals surface area (Å²) in [6.45, 7) is 10.7. The Kier molecular flexibility index (Phi) is 12.0. The molecule has 0 saturated carbocycles. The monoisotopic (exact) mass is 547 g/mol. The van der Waals surface area contributed by atoms with Gasteiger partial charge in [-0.2, -0.15) is 0 Å². The second kappa shape index (κ2) is 15.6. The number of nitrogens with zero attached hydrogens (tertiary/aromatic N) is 1. The molecule has 0 aliphatic heterocycles. The van der Waals surface area contributed by atoms with Gasteiger partial charge in [0.2, 0.25) is 11.8 Å². The molecule has 3 aromatic carbocycles. The van der Waals surface area contributed by atoms with E-state index in [1.54, 1.807) is 18.2 Å². The van der Waals surface area contributed by atoms with Crippen molar-refractivity contribution in [3.05, 3.63) is 71.8 Å². The molecule has 0 heterocycles. The molecule has 1 atom stereocenters. The molecule has 3 aromatic rings. The third-order valence-electron chi connectivity index (χ3n) is 6.71. The number of likely N-dealkylation sites (N-methyl/N-ethyl adjacent to an activating group) is 1. The van der Waals surface area contributed by atoms with Crippen LogP contribution in [0.15, 0.2) is 60.7 Å². The lowest BCUT2D eigenvalue weighted by atomic mass is 10.0. The van der Waals surface area contributed by atoms with Crippen molar-refractivity contribution in [2.75, 3.05) is 38.2 Å². The summed E-state index contributed by atoms with van der Waals surface area (Å²) in [6.07, 6.45) is 2.08. The zero-order valence-electron chi connectivity index (χ0n) is 24.0. The first-order valence-electron chi connectivity index (χ1n) is 14.1. The van der Waals surface area contributed by atoms with E-state index in [0.717, 1.165) is 42.3 Å². The van der Waals surface area contributed by atoms with E-state index in [2.05, 4.69) is 36.3 Å². The molecule has 0 radical (unpaired) electrons. The predicted molar refractivity (Wildman–Crippen MR) is 159 cm³/mol. The summed E-state index contributed by atoms with van der Waals surface area (Å²) in [5.41, 5.74) is 1.70. The molecule has 0 saturated heterocycles. The molecule has 0 aliphatic rings. The fourth-order valence-corrected chi connectivity index (χ4v) is 4.37. The Morgan fingerprint density at radius 2 is 1.65 bits per heavy atom. The van der Waals surface area contributed by atoms with E-state index in [-0.39, 0.29) is 18.4 Å². The van der Waals surface area contributed by atoms with Crippen molar-refractivity contribution in [2.45, 2.75) is 53.0 Å². The molecule has 8 nitrogen and oxygen atoms in total. The van der Waals surface area contributed by atoms with Crippen LogP contribution >= 0.6 is 0 Å². The van der Waals surface area contributed by atoms with Crippen LogP contribution in [0.2, 0.25) is 0 Å². The lowest BCUT2D eigenvalue weighted by Crippen LogP contribution is -2.44. The molecule has 0 aliphatic carbocycles. The Bertz CT molecular complexity index is 1290. The average Bonchev–Trinajstić information content (AvgIpc) is 2.95. The van der Waals surface area contributed by atoms with Gasteiger partial charge in [-0.25, -0.2) is 4.79 Å². The highest BCUT2D eigenvalue weighted by Crippen LogP contribution is 2.27. The number of fused-ring (bicyclic) bond motifs is 1. The summed E-state index contributed by atoms with van der Waals surface area (Å²) in [5.74, 6) is -0.744. The second-order valence-corrected chi connectivity index (χ2v) is 9.70. The van der Waals surface area contributed by atoms with Crippen LogP contribution in [-0.2, 0) is 20.7 Å². The number of carbonyl (C=O) groups excluding carboxylic acids is 3. The van der Waals surface area contributed by atoms with E-state index in [4.69, 9.17) is 9.47 Å². The number of benzene rings is 3. The summed E-state index contributed by atoms with van der Waals surface area (Å²) < 4.78 is 11.4. The molecule has 0 spiro atoms. The van der Waals surface area contributed by atoms with Gasteiger partial charge >= 0.3 is 5.97 Å². The van der Waals surface area contributed by atoms with Crippen molar-refractivity contribution in [1.29, 1.82) is 0 Å². The number of hydrogen-bond acceptors (Lipinski definition) is 6. The topological polar surface area (TPSA) is 97.0 Å². The molecular formula is C32H41N3O5. The van der Waals surface area contributed by atoms with E-state index in [1.165, 1.54) is 6.92 Å². The van der Waals surface area contributed by atoms with Gasteiger partial charge in [-0.1, -0.05) is 69.7 Å². The normalized spacial score (nSPS) is 11.7. The first kappa shape index (κ1) is 30.6. The zero-order chi connectivity index (χ0) is 28.9. The number of ether oxygens (including phenoxy) is 2. The van der Waals surface area contributed by atoms with Crippen molar-refractivity contribution >= 4 is 34.2 Å². The molecule has 2 N–H and O–H groups in total. The van der Waals surface area contributed by atoms with Crippen LogP contribution in [-0.4, -0.2) is 61.6 Å². The highest BCUT2D eigenvalue weighted by atomic mass is 16.5. The first-order chi connectivity index (χ1) is 19.3. The summed E-state index contributed by atoms with van der Waals surface area (Å²) in [5, 5.41) is 7.84. The standard InChI is InChI=1S/C32H41N3O5/c1-5-8-18-39-30-22-27(32(38)40-19-17-35(6-2)7-3)15-16-28(30)34-31(37)29(33-23(4)36)21-24-13-14-25-11-9-10-12-26(25)20-24/h9-16,20,22,29H,5-8,17-19,21H2,1-4H3,(H,33,36)(H,34,37). The van der Waals surface area contributed by atoms with Gasteiger partial charge in [0.25, 0.3) is 0 Å². The minimum atomic E-state index is -0.799. The van der Waals surface area contributed by atoms with Crippen LogP contribution in [0.25, 0.3) is 10.8 Å². The quantitative estimate of drug-likeness (QED) is 0.200. The number of hydrogen-bond donors (Lipinski definition) is 2. The van der Waals surface area contributed by atoms with E-state index < -0.39 is 12.0 Å². The molecule has 0 bridgehead atoms. The summed E-state index contributed by atoms with van der Waals surface area (Å²) >= 11 is 0. The Morgan fingerprint density at radius 3 is 2.35 bits per heavy atom. The summed E-state index contributed by atoms with van der Waals surface area (Å²) in [7, 11) is 0. The number of carbonyl (C=O) groups is 3. The van der Waals surface area contributed by atoms with Crippen LogP contribution in [0.3, 0.4) is 0 Å². The maximum absolute atomic E-state index is 13.4. The van der Waals surface area contributed by atoms with Crippen molar-refractivity contribution in [3.63, 3.8) is 0 Å². The smallest absolute Gasteiger partial charge is 0.338 e. The van der Waals surface area contributed by atoms with Crippen LogP contribution in [0.4, 0.5) is 5.69 Å². The van der Waals surface area contributed by atoms with Gasteiger partial charge in [0.1, 0.15) is 18.4 Å². The van der Waals surface area contributed by atoms with Gasteiger partial charge < -0.3 is 25.0 Å². The number of nitrogens with one attached hydrogen (secondary N) is 2. The lowest BCUT2D eigenvalue weighted by molar-refractivity contribution is -0.125. The van der Waals surface area contributed by atoms with Gasteiger partial charge in [0.15, 0.2) is 0 Å². The van der Waals surface area contributed by atoms with Gasteiger partial charge in [-0.15, -0.1) is 0 Å². The minimum Gasteiger partial charge on any atom is -0.491 e. The third kappa shape index (κ3) is 9.09.